The number of hydrogen-bond donors (Lipinski definition) is 0. The molecule has 1 fully saturated rings. The molecule has 20 heavy (non-hydrogen) atoms. The SMILES string of the molecule is CN1CCC[C@H]1c1cnccc1SCc1ccccc1. The maximum absolute atomic E-state index is 4.34. The van der Waals surface area contributed by atoms with Crippen molar-refractivity contribution in [2.75, 3.05) is 13.6 Å². The topological polar surface area (TPSA) is 16.1 Å². The van der Waals surface area contributed by atoms with Gasteiger partial charge in [0, 0.05) is 34.6 Å². The molecular weight excluding hydrogens is 264 g/mol. The van der Waals surface area contributed by atoms with Crippen LogP contribution in [0, 0.1) is 0 Å². The van der Waals surface area contributed by atoms with E-state index >= 15 is 0 Å². The molecule has 0 saturated carbocycles. The van der Waals surface area contributed by atoms with Gasteiger partial charge in [-0.1, -0.05) is 30.3 Å². The van der Waals surface area contributed by atoms with E-state index in [4.69, 9.17) is 0 Å². The molecular formula is C17H20N2S. The van der Waals surface area contributed by atoms with Crippen molar-refractivity contribution in [3.05, 3.63) is 59.9 Å². The predicted molar refractivity (Wildman–Crippen MR) is 84.8 cm³/mol. The van der Waals surface area contributed by atoms with Crippen molar-refractivity contribution in [1.29, 1.82) is 0 Å². The molecule has 2 heterocycles. The molecule has 0 amide bonds. The molecule has 1 saturated heterocycles. The van der Waals surface area contributed by atoms with Gasteiger partial charge in [0.15, 0.2) is 0 Å². The molecule has 1 aliphatic heterocycles. The first kappa shape index (κ1) is 13.7. The zero-order valence-corrected chi connectivity index (χ0v) is 12.6. The van der Waals surface area contributed by atoms with Crippen LogP contribution in [0.5, 0.6) is 0 Å². The highest BCUT2D eigenvalue weighted by molar-refractivity contribution is 7.98. The summed E-state index contributed by atoms with van der Waals surface area (Å²) >= 11 is 1.92. The van der Waals surface area contributed by atoms with Gasteiger partial charge in [-0.25, -0.2) is 0 Å². The van der Waals surface area contributed by atoms with E-state index in [0.717, 1.165) is 5.75 Å². The van der Waals surface area contributed by atoms with Gasteiger partial charge in [-0.3, -0.25) is 9.88 Å². The van der Waals surface area contributed by atoms with Crippen molar-refractivity contribution in [1.82, 2.24) is 9.88 Å². The first-order valence-electron chi connectivity index (χ1n) is 7.15. The summed E-state index contributed by atoms with van der Waals surface area (Å²) < 4.78 is 0. The van der Waals surface area contributed by atoms with E-state index in [2.05, 4.69) is 59.5 Å². The lowest BCUT2D eigenvalue weighted by Gasteiger charge is -2.21. The predicted octanol–water partition coefficient (Wildman–Crippen LogP) is 4.14. The molecule has 1 aromatic carbocycles. The van der Waals surface area contributed by atoms with Gasteiger partial charge >= 0.3 is 0 Å². The van der Waals surface area contributed by atoms with Crippen LogP contribution in [0.25, 0.3) is 0 Å². The van der Waals surface area contributed by atoms with Crippen LogP contribution in [0.2, 0.25) is 0 Å². The van der Waals surface area contributed by atoms with Crippen molar-refractivity contribution in [3.63, 3.8) is 0 Å². The molecule has 104 valence electrons. The molecule has 0 radical (unpaired) electrons. The van der Waals surface area contributed by atoms with Crippen molar-refractivity contribution < 1.29 is 0 Å². The van der Waals surface area contributed by atoms with E-state index in [1.54, 1.807) is 0 Å². The molecule has 1 aliphatic rings. The van der Waals surface area contributed by atoms with Gasteiger partial charge in [0.25, 0.3) is 0 Å². The minimum absolute atomic E-state index is 0.543. The summed E-state index contributed by atoms with van der Waals surface area (Å²) in [7, 11) is 2.22. The second kappa shape index (κ2) is 6.42. The summed E-state index contributed by atoms with van der Waals surface area (Å²) in [5, 5.41) is 0. The fourth-order valence-electron chi connectivity index (χ4n) is 2.81. The summed E-state index contributed by atoms with van der Waals surface area (Å²) in [6.45, 7) is 1.20. The van der Waals surface area contributed by atoms with Crippen LogP contribution in [0.3, 0.4) is 0 Å². The molecule has 1 atom stereocenters. The third-order valence-electron chi connectivity index (χ3n) is 3.93. The number of aromatic nitrogens is 1. The molecule has 0 spiro atoms. The van der Waals surface area contributed by atoms with E-state index < -0.39 is 0 Å². The van der Waals surface area contributed by atoms with Crippen LogP contribution in [0.15, 0.2) is 53.7 Å². The third kappa shape index (κ3) is 3.05. The average molecular weight is 284 g/mol. The third-order valence-corrected chi connectivity index (χ3v) is 5.09. The molecule has 3 rings (SSSR count). The Morgan fingerprint density at radius 3 is 2.85 bits per heavy atom. The van der Waals surface area contributed by atoms with Gasteiger partial charge in [-0.05, 0) is 38.1 Å². The lowest BCUT2D eigenvalue weighted by molar-refractivity contribution is 0.313. The minimum Gasteiger partial charge on any atom is -0.299 e. The summed E-state index contributed by atoms with van der Waals surface area (Å²) in [6, 6.07) is 13.4. The second-order valence-electron chi connectivity index (χ2n) is 5.33. The van der Waals surface area contributed by atoms with Gasteiger partial charge in [0.1, 0.15) is 0 Å². The summed E-state index contributed by atoms with van der Waals surface area (Å²) in [5.41, 5.74) is 2.77. The summed E-state index contributed by atoms with van der Waals surface area (Å²) in [6.07, 6.45) is 6.51. The van der Waals surface area contributed by atoms with E-state index in [1.165, 1.54) is 35.4 Å². The Balaban J connectivity index is 1.76. The first-order chi connectivity index (χ1) is 9.84. The fraction of sp³-hybridized carbons (Fsp3) is 0.353. The Kier molecular flexibility index (Phi) is 4.38. The van der Waals surface area contributed by atoms with Crippen LogP contribution >= 0.6 is 11.8 Å². The molecule has 0 aliphatic carbocycles. The maximum Gasteiger partial charge on any atom is 0.0371 e. The van der Waals surface area contributed by atoms with Crippen molar-refractivity contribution in [2.24, 2.45) is 0 Å². The van der Waals surface area contributed by atoms with Gasteiger partial charge in [-0.2, -0.15) is 0 Å². The fourth-order valence-corrected chi connectivity index (χ4v) is 3.84. The number of hydrogen-bond acceptors (Lipinski definition) is 3. The minimum atomic E-state index is 0.543. The highest BCUT2D eigenvalue weighted by atomic mass is 32.2. The number of rotatable bonds is 4. The number of pyridine rings is 1. The standard InChI is InChI=1S/C17H20N2S/c1-19-11-5-8-16(19)15-12-18-10-9-17(15)20-13-14-6-3-2-4-7-14/h2-4,6-7,9-10,12,16H,5,8,11,13H2,1H3/t16-/m0/s1. The Bertz CT molecular complexity index is 556. The maximum atomic E-state index is 4.34. The Morgan fingerprint density at radius 1 is 1.25 bits per heavy atom. The van der Waals surface area contributed by atoms with Crippen LogP contribution in [-0.2, 0) is 5.75 Å². The highest BCUT2D eigenvalue weighted by Gasteiger charge is 2.24. The molecule has 0 N–H and O–H groups in total. The van der Waals surface area contributed by atoms with E-state index in [1.807, 2.05) is 18.0 Å². The lowest BCUT2D eigenvalue weighted by atomic mass is 10.1. The van der Waals surface area contributed by atoms with Gasteiger partial charge in [-0.15, -0.1) is 11.8 Å². The van der Waals surface area contributed by atoms with E-state index in [-0.39, 0.29) is 0 Å². The molecule has 1 aromatic heterocycles. The number of nitrogens with zero attached hydrogens (tertiary/aromatic N) is 2. The summed E-state index contributed by atoms with van der Waals surface area (Å²) in [4.78, 5) is 8.16. The Labute approximate surface area is 125 Å². The highest BCUT2D eigenvalue weighted by Crippen LogP contribution is 2.36. The number of likely N-dealkylation sites (tertiary alicyclic amines) is 1. The number of thioether (sulfide) groups is 1. The Morgan fingerprint density at radius 2 is 2.10 bits per heavy atom. The van der Waals surface area contributed by atoms with Crippen LogP contribution in [0.1, 0.15) is 30.0 Å². The van der Waals surface area contributed by atoms with E-state index in [0.29, 0.717) is 6.04 Å². The normalized spacial score (nSPS) is 19.4. The quantitative estimate of drug-likeness (QED) is 0.785. The largest absolute Gasteiger partial charge is 0.299 e. The molecule has 0 unspecified atom stereocenters. The molecule has 2 nitrogen and oxygen atoms in total. The van der Waals surface area contributed by atoms with Crippen molar-refractivity contribution >= 4 is 11.8 Å². The second-order valence-corrected chi connectivity index (χ2v) is 6.34. The monoisotopic (exact) mass is 284 g/mol. The number of benzene rings is 1. The molecule has 3 heteroatoms. The molecule has 0 bridgehead atoms. The van der Waals surface area contributed by atoms with Crippen LogP contribution < -0.4 is 0 Å². The lowest BCUT2D eigenvalue weighted by Crippen LogP contribution is -2.18. The van der Waals surface area contributed by atoms with Gasteiger partial charge < -0.3 is 0 Å². The molecule has 2 aromatic rings. The van der Waals surface area contributed by atoms with Crippen molar-refractivity contribution in [3.8, 4) is 0 Å². The van der Waals surface area contributed by atoms with Crippen LogP contribution in [-0.4, -0.2) is 23.5 Å². The van der Waals surface area contributed by atoms with E-state index in [9.17, 15) is 0 Å². The zero-order chi connectivity index (χ0) is 13.8. The first-order valence-corrected chi connectivity index (χ1v) is 8.14. The van der Waals surface area contributed by atoms with Gasteiger partial charge in [0.2, 0.25) is 0 Å². The Hall–Kier alpha value is -1.32. The van der Waals surface area contributed by atoms with Crippen LogP contribution in [0.4, 0.5) is 0 Å². The van der Waals surface area contributed by atoms with Gasteiger partial charge in [0.05, 0.1) is 0 Å². The zero-order valence-electron chi connectivity index (χ0n) is 11.8. The summed E-state index contributed by atoms with van der Waals surface area (Å²) in [5.74, 6) is 1.02. The average Bonchev–Trinajstić information content (AvgIpc) is 2.92. The smallest absolute Gasteiger partial charge is 0.0371 e. The van der Waals surface area contributed by atoms with Crippen molar-refractivity contribution in [2.45, 2.75) is 29.5 Å².